The van der Waals surface area contributed by atoms with Gasteiger partial charge in [-0.2, -0.15) is 15.8 Å². The average Bonchev–Trinajstić information content (AvgIpc) is 2.88. The molecule has 168 valence electrons. The van der Waals surface area contributed by atoms with Gasteiger partial charge in [0.1, 0.15) is 5.92 Å². The van der Waals surface area contributed by atoms with E-state index in [9.17, 15) is 20.6 Å². The number of benzene rings is 2. The predicted molar refractivity (Wildman–Crippen MR) is 125 cm³/mol. The van der Waals surface area contributed by atoms with Crippen molar-refractivity contribution in [1.29, 1.82) is 21.2 Å². The zero-order valence-electron chi connectivity index (χ0n) is 18.7. The lowest BCUT2D eigenvalue weighted by Crippen LogP contribution is -2.53. The van der Waals surface area contributed by atoms with E-state index < -0.39 is 29.3 Å². The third-order valence-corrected chi connectivity index (χ3v) is 6.69. The summed E-state index contributed by atoms with van der Waals surface area (Å²) in [6, 6.07) is 23.7. The van der Waals surface area contributed by atoms with E-state index in [0.717, 1.165) is 11.1 Å². The Morgan fingerprint density at radius 3 is 2.32 bits per heavy atom. The second-order valence-corrected chi connectivity index (χ2v) is 8.39. The molecule has 0 aromatic heterocycles. The first-order chi connectivity index (χ1) is 16.5. The Bertz CT molecular complexity index is 1250. The van der Waals surface area contributed by atoms with E-state index >= 15 is 0 Å². The lowest BCUT2D eigenvalue weighted by molar-refractivity contribution is 0.0992. The maximum absolute atomic E-state index is 12.5. The van der Waals surface area contributed by atoms with Crippen molar-refractivity contribution in [3.63, 3.8) is 0 Å². The monoisotopic (exact) mass is 449 g/mol. The topological polar surface area (TPSA) is 125 Å². The second-order valence-electron chi connectivity index (χ2n) is 8.39. The Morgan fingerprint density at radius 1 is 1.09 bits per heavy atom. The lowest BCUT2D eigenvalue weighted by atomic mass is 9.54. The van der Waals surface area contributed by atoms with Gasteiger partial charge in [-0.15, -0.1) is 0 Å². The minimum Gasteiger partial charge on any atom is -0.450 e. The van der Waals surface area contributed by atoms with Crippen LogP contribution in [0.4, 0.5) is 4.79 Å². The number of nitriles is 3. The first-order valence-corrected chi connectivity index (χ1v) is 11.1. The molecule has 2 aromatic rings. The van der Waals surface area contributed by atoms with Crippen molar-refractivity contribution in [1.82, 2.24) is 4.90 Å². The molecule has 1 unspecified atom stereocenters. The fourth-order valence-corrected chi connectivity index (χ4v) is 5.06. The Labute approximate surface area is 198 Å². The number of carbonyl (C=O) groups excluding carboxylic acids is 1. The van der Waals surface area contributed by atoms with Gasteiger partial charge in [-0.1, -0.05) is 60.7 Å². The summed E-state index contributed by atoms with van der Waals surface area (Å²) >= 11 is 0. The maximum atomic E-state index is 12.5. The van der Waals surface area contributed by atoms with Gasteiger partial charge >= 0.3 is 6.09 Å². The molecule has 7 nitrogen and oxygen atoms in total. The largest absolute Gasteiger partial charge is 0.450 e. The SMILES string of the molecule is CCOC(=O)N1CC=C2C(C#N)C(=N)C(C#N)(C#N)[C@H](c3ccc(-c4ccccc4)cc3)[C@H]2C1. The van der Waals surface area contributed by atoms with Crippen molar-refractivity contribution in [2.24, 2.45) is 17.3 Å². The van der Waals surface area contributed by atoms with Crippen molar-refractivity contribution in [3.8, 4) is 29.3 Å². The van der Waals surface area contributed by atoms with Crippen molar-refractivity contribution in [2.75, 3.05) is 19.7 Å². The highest BCUT2D eigenvalue weighted by Crippen LogP contribution is 2.53. The van der Waals surface area contributed by atoms with Gasteiger partial charge in [-0.05, 0) is 29.2 Å². The van der Waals surface area contributed by atoms with Crippen LogP contribution in [0.1, 0.15) is 18.4 Å². The van der Waals surface area contributed by atoms with E-state index in [-0.39, 0.29) is 25.4 Å². The third-order valence-electron chi connectivity index (χ3n) is 6.69. The van der Waals surface area contributed by atoms with Crippen LogP contribution in [0.2, 0.25) is 0 Å². The molecule has 1 heterocycles. The van der Waals surface area contributed by atoms with Gasteiger partial charge in [0, 0.05) is 24.9 Å². The molecule has 2 aliphatic rings. The number of hydrogen-bond acceptors (Lipinski definition) is 6. The normalized spacial score (nSPS) is 22.9. The lowest BCUT2D eigenvalue weighted by Gasteiger charge is -2.47. The molecule has 2 aromatic carbocycles. The van der Waals surface area contributed by atoms with Crippen molar-refractivity contribution >= 4 is 11.8 Å². The van der Waals surface area contributed by atoms with Crippen LogP contribution in [0.3, 0.4) is 0 Å². The minimum absolute atomic E-state index is 0.201. The molecule has 1 aliphatic heterocycles. The highest BCUT2D eigenvalue weighted by molar-refractivity contribution is 6.01. The quantitative estimate of drug-likeness (QED) is 0.682. The molecule has 1 fully saturated rings. The van der Waals surface area contributed by atoms with Crippen molar-refractivity contribution in [2.45, 2.75) is 12.8 Å². The van der Waals surface area contributed by atoms with Crippen LogP contribution in [0.25, 0.3) is 11.1 Å². The number of rotatable bonds is 3. The van der Waals surface area contributed by atoms with Gasteiger partial charge in [0.2, 0.25) is 0 Å². The molecule has 1 amide bonds. The van der Waals surface area contributed by atoms with Crippen LogP contribution in [0.15, 0.2) is 66.2 Å². The number of fused-ring (bicyclic) bond motifs is 1. The van der Waals surface area contributed by atoms with Gasteiger partial charge in [0.05, 0.1) is 30.5 Å². The summed E-state index contributed by atoms with van der Waals surface area (Å²) in [6.07, 6.45) is 1.29. The summed E-state index contributed by atoms with van der Waals surface area (Å²) in [7, 11) is 0. The zero-order valence-corrected chi connectivity index (χ0v) is 18.7. The van der Waals surface area contributed by atoms with E-state index in [4.69, 9.17) is 10.1 Å². The van der Waals surface area contributed by atoms with E-state index in [1.54, 1.807) is 13.0 Å². The molecule has 3 atom stereocenters. The smallest absolute Gasteiger partial charge is 0.410 e. The standard InChI is InChI=1S/C27H23N5O2/c1-2-34-26(33)32-13-12-21-22(14-28)25(31)27(16-29,17-30)24(23(21)15-32)20-10-8-19(9-11-20)18-6-4-3-5-7-18/h3-12,22-24,31H,2,13,15H2,1H3/t22?,23-,24+/m0/s1. The van der Waals surface area contributed by atoms with Gasteiger partial charge < -0.3 is 15.0 Å². The number of ether oxygens (including phenoxy) is 1. The highest BCUT2D eigenvalue weighted by atomic mass is 16.6. The van der Waals surface area contributed by atoms with Crippen LogP contribution < -0.4 is 0 Å². The molecule has 0 spiro atoms. The summed E-state index contributed by atoms with van der Waals surface area (Å²) in [5.74, 6) is -2.17. The van der Waals surface area contributed by atoms with Gasteiger partial charge in [0.25, 0.3) is 0 Å². The van der Waals surface area contributed by atoms with E-state index in [1.165, 1.54) is 4.90 Å². The Balaban J connectivity index is 1.83. The number of nitrogens with one attached hydrogen (secondary N) is 1. The first-order valence-electron chi connectivity index (χ1n) is 11.1. The Hall–Kier alpha value is -4.41. The molecule has 4 rings (SSSR count). The summed E-state index contributed by atoms with van der Waals surface area (Å²) in [5, 5.41) is 38.9. The summed E-state index contributed by atoms with van der Waals surface area (Å²) in [5.41, 5.74) is 1.39. The number of hydrogen-bond donors (Lipinski definition) is 1. The molecule has 1 aliphatic carbocycles. The molecule has 0 radical (unpaired) electrons. The molecule has 1 N–H and O–H groups in total. The number of amides is 1. The first kappa shape index (κ1) is 22.8. The second kappa shape index (κ2) is 9.22. The molecule has 7 heteroatoms. The summed E-state index contributed by atoms with van der Waals surface area (Å²) in [6.45, 7) is 2.41. The molecule has 0 bridgehead atoms. The van der Waals surface area contributed by atoms with Gasteiger partial charge in [-0.3, -0.25) is 0 Å². The van der Waals surface area contributed by atoms with Crippen LogP contribution in [-0.4, -0.2) is 36.4 Å². The van der Waals surface area contributed by atoms with Gasteiger partial charge in [-0.25, -0.2) is 4.79 Å². The fourth-order valence-electron chi connectivity index (χ4n) is 5.06. The predicted octanol–water partition coefficient (Wildman–Crippen LogP) is 4.66. The molecule has 1 saturated carbocycles. The number of nitrogens with zero attached hydrogens (tertiary/aromatic N) is 4. The van der Waals surface area contributed by atoms with E-state index in [2.05, 4.69) is 18.2 Å². The van der Waals surface area contributed by atoms with Crippen LogP contribution in [0.5, 0.6) is 0 Å². The van der Waals surface area contributed by atoms with E-state index in [1.807, 2.05) is 54.6 Å². The van der Waals surface area contributed by atoms with Crippen LogP contribution in [-0.2, 0) is 4.74 Å². The maximum Gasteiger partial charge on any atom is 0.410 e. The Morgan fingerprint density at radius 2 is 1.74 bits per heavy atom. The summed E-state index contributed by atoms with van der Waals surface area (Å²) < 4.78 is 5.17. The average molecular weight is 450 g/mol. The van der Waals surface area contributed by atoms with Gasteiger partial charge in [0.15, 0.2) is 5.41 Å². The molecular formula is C27H23N5O2. The van der Waals surface area contributed by atoms with Crippen molar-refractivity contribution < 1.29 is 9.53 Å². The Kier molecular flexibility index (Phi) is 6.17. The van der Waals surface area contributed by atoms with E-state index in [0.29, 0.717) is 11.1 Å². The molecular weight excluding hydrogens is 426 g/mol. The third kappa shape index (κ3) is 3.60. The molecule has 34 heavy (non-hydrogen) atoms. The van der Waals surface area contributed by atoms with Crippen molar-refractivity contribution in [3.05, 3.63) is 71.8 Å². The highest BCUT2D eigenvalue weighted by Gasteiger charge is 2.58. The minimum atomic E-state index is -1.83. The van der Waals surface area contributed by atoms with Crippen LogP contribution in [0, 0.1) is 56.7 Å². The zero-order chi connectivity index (χ0) is 24.3. The number of carbonyl (C=O) groups is 1. The molecule has 0 saturated heterocycles. The van der Waals surface area contributed by atoms with Crippen LogP contribution >= 0.6 is 0 Å². The summed E-state index contributed by atoms with van der Waals surface area (Å²) in [4.78, 5) is 14.0. The fraction of sp³-hybridized carbons (Fsp3) is 0.296.